The first-order chi connectivity index (χ1) is 11.5. The smallest absolute Gasteiger partial charge is 0.438 e. The monoisotopic (exact) mass is 416 g/mol. The SMILES string of the molecule is CCC(CCCC(=O)OC(CS(=O)(=O)O)(C(F)(F)F)C(F)(F)F)C(C)C. The van der Waals surface area contributed by atoms with Crippen molar-refractivity contribution < 1.29 is 48.8 Å². The van der Waals surface area contributed by atoms with E-state index in [0.29, 0.717) is 12.8 Å². The largest absolute Gasteiger partial charge is 0.438 e. The summed E-state index contributed by atoms with van der Waals surface area (Å²) in [6, 6.07) is 0. The summed E-state index contributed by atoms with van der Waals surface area (Å²) in [6.45, 7) is 5.63. The van der Waals surface area contributed by atoms with E-state index in [4.69, 9.17) is 4.55 Å². The molecule has 0 aromatic carbocycles. The summed E-state index contributed by atoms with van der Waals surface area (Å²) in [5.41, 5.74) is -5.33. The first kappa shape index (κ1) is 25.0. The van der Waals surface area contributed by atoms with Crippen molar-refractivity contribution in [2.45, 2.75) is 64.4 Å². The Bertz CT molecular complexity index is 553. The van der Waals surface area contributed by atoms with Crippen LogP contribution in [0.25, 0.3) is 0 Å². The molecule has 1 unspecified atom stereocenters. The molecule has 0 aromatic rings. The first-order valence-corrected chi connectivity index (χ1v) is 9.38. The molecule has 0 spiro atoms. The molecule has 0 saturated heterocycles. The van der Waals surface area contributed by atoms with Gasteiger partial charge < -0.3 is 4.74 Å². The van der Waals surface area contributed by atoms with Gasteiger partial charge in [-0.15, -0.1) is 0 Å². The van der Waals surface area contributed by atoms with Crippen LogP contribution in [0.3, 0.4) is 0 Å². The molecule has 0 saturated carbocycles. The zero-order chi connectivity index (χ0) is 21.0. The van der Waals surface area contributed by atoms with Crippen LogP contribution in [0.4, 0.5) is 26.3 Å². The normalized spacial score (nSPS) is 15.2. The molecule has 0 aromatic heterocycles. The van der Waals surface area contributed by atoms with E-state index in [-0.39, 0.29) is 18.3 Å². The van der Waals surface area contributed by atoms with Gasteiger partial charge in [0.25, 0.3) is 10.1 Å². The maximum absolute atomic E-state index is 13.0. The third-order valence-corrected chi connectivity index (χ3v) is 4.78. The van der Waals surface area contributed by atoms with Crippen molar-refractivity contribution in [3.63, 3.8) is 0 Å². The third kappa shape index (κ3) is 6.93. The molecular weight excluding hydrogens is 394 g/mol. The van der Waals surface area contributed by atoms with Crippen LogP contribution < -0.4 is 0 Å². The lowest BCUT2D eigenvalue weighted by molar-refractivity contribution is -0.361. The van der Waals surface area contributed by atoms with Crippen molar-refractivity contribution in [1.29, 1.82) is 0 Å². The highest BCUT2D eigenvalue weighted by Gasteiger charge is 2.75. The van der Waals surface area contributed by atoms with E-state index in [1.807, 2.05) is 20.8 Å². The van der Waals surface area contributed by atoms with Gasteiger partial charge in [-0.2, -0.15) is 34.8 Å². The summed E-state index contributed by atoms with van der Waals surface area (Å²) in [5, 5.41) is 0. The number of hydrogen-bond donors (Lipinski definition) is 1. The van der Waals surface area contributed by atoms with Crippen LogP contribution in [0, 0.1) is 11.8 Å². The molecule has 0 aliphatic rings. The number of esters is 1. The van der Waals surface area contributed by atoms with E-state index in [9.17, 15) is 39.6 Å². The molecule has 0 radical (unpaired) electrons. The number of hydrogen-bond acceptors (Lipinski definition) is 4. The molecule has 0 bridgehead atoms. The van der Waals surface area contributed by atoms with Crippen LogP contribution in [-0.4, -0.2) is 42.6 Å². The average Bonchev–Trinajstić information content (AvgIpc) is 2.38. The van der Waals surface area contributed by atoms with Crippen LogP contribution in [0.5, 0.6) is 0 Å². The molecule has 12 heteroatoms. The molecule has 1 N–H and O–H groups in total. The van der Waals surface area contributed by atoms with Gasteiger partial charge in [0.15, 0.2) is 0 Å². The van der Waals surface area contributed by atoms with Crippen LogP contribution in [0.15, 0.2) is 0 Å². The molecule has 26 heavy (non-hydrogen) atoms. The Kier molecular flexibility index (Phi) is 8.41. The third-order valence-electron chi connectivity index (χ3n) is 4.01. The first-order valence-electron chi connectivity index (χ1n) is 7.77. The van der Waals surface area contributed by atoms with E-state index in [1.54, 1.807) is 0 Å². The van der Waals surface area contributed by atoms with Gasteiger partial charge in [0.05, 0.1) is 0 Å². The predicted octanol–water partition coefficient (Wildman–Crippen LogP) is 4.13. The Morgan fingerprint density at radius 2 is 1.54 bits per heavy atom. The second-order valence-corrected chi connectivity index (χ2v) is 7.78. The molecule has 156 valence electrons. The molecule has 1 atom stereocenters. The fourth-order valence-electron chi connectivity index (χ4n) is 2.49. The Morgan fingerprint density at radius 3 is 1.85 bits per heavy atom. The molecule has 0 amide bonds. The highest BCUT2D eigenvalue weighted by atomic mass is 32.2. The van der Waals surface area contributed by atoms with E-state index < -0.39 is 46.2 Å². The van der Waals surface area contributed by atoms with Gasteiger partial charge in [-0.05, 0) is 24.7 Å². The van der Waals surface area contributed by atoms with Crippen molar-refractivity contribution in [1.82, 2.24) is 0 Å². The highest BCUT2D eigenvalue weighted by Crippen LogP contribution is 2.47. The molecule has 0 fully saturated rings. The minimum absolute atomic E-state index is 0.0206. The molecule has 0 heterocycles. The summed E-state index contributed by atoms with van der Waals surface area (Å²) in [4.78, 5) is 11.6. The summed E-state index contributed by atoms with van der Waals surface area (Å²) >= 11 is 0. The van der Waals surface area contributed by atoms with Crippen LogP contribution in [0.1, 0.15) is 46.5 Å². The number of ether oxygens (including phenoxy) is 1. The molecular formula is C14H22F6O5S. The second-order valence-electron chi connectivity index (χ2n) is 6.33. The fraction of sp³-hybridized carbons (Fsp3) is 0.929. The van der Waals surface area contributed by atoms with Gasteiger partial charge >= 0.3 is 23.9 Å². The van der Waals surface area contributed by atoms with E-state index >= 15 is 0 Å². The van der Waals surface area contributed by atoms with Gasteiger partial charge in [0.2, 0.25) is 0 Å². The van der Waals surface area contributed by atoms with Gasteiger partial charge in [-0.3, -0.25) is 9.35 Å². The van der Waals surface area contributed by atoms with E-state index in [0.717, 1.165) is 0 Å². The molecule has 0 rings (SSSR count). The number of carbonyl (C=O) groups excluding carboxylic acids is 1. The highest BCUT2D eigenvalue weighted by molar-refractivity contribution is 7.85. The minimum Gasteiger partial charge on any atom is -0.438 e. The number of alkyl halides is 6. The Labute approximate surface area is 147 Å². The zero-order valence-electron chi connectivity index (χ0n) is 14.4. The lowest BCUT2D eigenvalue weighted by Gasteiger charge is -2.35. The van der Waals surface area contributed by atoms with Crippen LogP contribution in [0.2, 0.25) is 0 Å². The zero-order valence-corrected chi connectivity index (χ0v) is 15.3. The van der Waals surface area contributed by atoms with E-state index in [1.165, 1.54) is 0 Å². The summed E-state index contributed by atoms with van der Waals surface area (Å²) in [7, 11) is -5.76. The summed E-state index contributed by atoms with van der Waals surface area (Å²) in [6.07, 6.45) is -12.3. The minimum atomic E-state index is -6.29. The Balaban J connectivity index is 5.40. The maximum atomic E-state index is 13.0. The average molecular weight is 416 g/mol. The van der Waals surface area contributed by atoms with E-state index in [2.05, 4.69) is 4.74 Å². The number of halogens is 6. The Hall–Kier alpha value is -1.04. The van der Waals surface area contributed by atoms with Crippen molar-refractivity contribution in [2.24, 2.45) is 11.8 Å². The maximum Gasteiger partial charge on any atom is 0.438 e. The number of carbonyl (C=O) groups is 1. The lowest BCUT2D eigenvalue weighted by atomic mass is 9.88. The van der Waals surface area contributed by atoms with Crippen LogP contribution in [-0.2, 0) is 19.6 Å². The van der Waals surface area contributed by atoms with Crippen molar-refractivity contribution >= 4 is 16.1 Å². The summed E-state index contributed by atoms with van der Waals surface area (Å²) in [5.74, 6) is -4.38. The quantitative estimate of drug-likeness (QED) is 0.347. The van der Waals surface area contributed by atoms with Gasteiger partial charge in [-0.1, -0.05) is 27.2 Å². The van der Waals surface area contributed by atoms with Crippen molar-refractivity contribution in [3.05, 3.63) is 0 Å². The Morgan fingerprint density at radius 1 is 1.08 bits per heavy atom. The standard InChI is InChI=1S/C14H22F6O5S/c1-4-10(9(2)3)6-5-7-11(21)25-12(13(15,16)17,14(18,19)20)8-26(22,23)24/h9-10H,4-8H2,1-3H3,(H,22,23,24). The second kappa shape index (κ2) is 8.77. The van der Waals surface area contributed by atoms with Gasteiger partial charge in [-0.25, -0.2) is 0 Å². The topological polar surface area (TPSA) is 80.7 Å². The molecule has 0 aliphatic heterocycles. The lowest BCUT2D eigenvalue weighted by Crippen LogP contribution is -2.63. The predicted molar refractivity (Wildman–Crippen MR) is 79.8 cm³/mol. The molecule has 0 aliphatic carbocycles. The van der Waals surface area contributed by atoms with Gasteiger partial charge in [0, 0.05) is 6.42 Å². The van der Waals surface area contributed by atoms with Crippen molar-refractivity contribution in [3.8, 4) is 0 Å². The van der Waals surface area contributed by atoms with Crippen molar-refractivity contribution in [2.75, 3.05) is 5.75 Å². The fourth-order valence-corrected chi connectivity index (χ4v) is 3.39. The van der Waals surface area contributed by atoms with Gasteiger partial charge in [0.1, 0.15) is 5.75 Å². The van der Waals surface area contributed by atoms with Crippen LogP contribution >= 0.6 is 0 Å². The molecule has 5 nitrogen and oxygen atoms in total. The number of rotatable bonds is 9. The summed E-state index contributed by atoms with van der Waals surface area (Å²) < 4.78 is 112.